The third-order valence-electron chi connectivity index (χ3n) is 3.96. The number of hydrogen-bond donors (Lipinski definition) is 2. The van der Waals surface area contributed by atoms with Crippen molar-refractivity contribution in [2.75, 3.05) is 24.4 Å². The Labute approximate surface area is 146 Å². The Morgan fingerprint density at radius 2 is 1.80 bits per heavy atom. The molecule has 0 radical (unpaired) electrons. The number of anilines is 2. The van der Waals surface area contributed by atoms with Gasteiger partial charge in [0.05, 0.1) is 7.11 Å². The largest absolute Gasteiger partial charge is 0.497 e. The van der Waals surface area contributed by atoms with Crippen molar-refractivity contribution in [3.63, 3.8) is 0 Å². The van der Waals surface area contributed by atoms with Gasteiger partial charge in [-0.1, -0.05) is 6.07 Å². The maximum Gasteiger partial charge on any atom is 0.255 e. The molecule has 2 aromatic rings. The van der Waals surface area contributed by atoms with Crippen LogP contribution >= 0.6 is 0 Å². The Balaban J connectivity index is 1.60. The summed E-state index contributed by atoms with van der Waals surface area (Å²) in [7, 11) is 1.56. The second-order valence-corrected chi connectivity index (χ2v) is 5.75. The molecular weight excluding hydrogens is 320 g/mol. The van der Waals surface area contributed by atoms with E-state index in [4.69, 9.17) is 9.47 Å². The van der Waals surface area contributed by atoms with Crippen molar-refractivity contribution in [3.8, 4) is 5.75 Å². The number of rotatable bonds is 5. The van der Waals surface area contributed by atoms with E-state index in [0.29, 0.717) is 29.3 Å². The molecule has 2 N–H and O–H groups in total. The van der Waals surface area contributed by atoms with E-state index in [1.54, 1.807) is 55.6 Å². The molecule has 1 saturated heterocycles. The molecule has 2 amide bonds. The van der Waals surface area contributed by atoms with Crippen LogP contribution in [0.3, 0.4) is 0 Å². The van der Waals surface area contributed by atoms with Crippen LogP contribution in [-0.4, -0.2) is 31.6 Å². The third-order valence-corrected chi connectivity index (χ3v) is 3.96. The smallest absolute Gasteiger partial charge is 0.255 e. The number of nitrogens with one attached hydrogen (secondary N) is 2. The molecule has 0 aromatic heterocycles. The number of carbonyl (C=O) groups is 2. The van der Waals surface area contributed by atoms with Crippen LogP contribution in [0.25, 0.3) is 0 Å². The maximum atomic E-state index is 12.3. The Bertz CT molecular complexity index is 752. The van der Waals surface area contributed by atoms with E-state index in [0.717, 1.165) is 12.8 Å². The normalized spacial score (nSPS) is 16.3. The van der Waals surface area contributed by atoms with Crippen LogP contribution in [0.5, 0.6) is 5.75 Å². The molecule has 0 aliphatic carbocycles. The molecule has 25 heavy (non-hydrogen) atoms. The Morgan fingerprint density at radius 1 is 1.08 bits per heavy atom. The summed E-state index contributed by atoms with van der Waals surface area (Å²) in [4.78, 5) is 24.3. The minimum Gasteiger partial charge on any atom is -0.497 e. The van der Waals surface area contributed by atoms with Crippen LogP contribution in [-0.2, 0) is 9.53 Å². The zero-order valence-corrected chi connectivity index (χ0v) is 14.0. The molecule has 3 rings (SSSR count). The molecule has 6 nitrogen and oxygen atoms in total. The topological polar surface area (TPSA) is 76.7 Å². The second-order valence-electron chi connectivity index (χ2n) is 5.75. The lowest BCUT2D eigenvalue weighted by Crippen LogP contribution is -2.26. The number of amides is 2. The predicted molar refractivity (Wildman–Crippen MR) is 95.0 cm³/mol. The Kier molecular flexibility index (Phi) is 5.30. The van der Waals surface area contributed by atoms with Crippen LogP contribution in [0.1, 0.15) is 23.2 Å². The highest BCUT2D eigenvalue weighted by Gasteiger charge is 2.23. The molecule has 1 heterocycles. The van der Waals surface area contributed by atoms with Crippen molar-refractivity contribution in [3.05, 3.63) is 54.1 Å². The summed E-state index contributed by atoms with van der Waals surface area (Å²) < 4.78 is 10.5. The van der Waals surface area contributed by atoms with Gasteiger partial charge in [0, 0.05) is 23.5 Å². The van der Waals surface area contributed by atoms with Gasteiger partial charge < -0.3 is 20.1 Å². The summed E-state index contributed by atoms with van der Waals surface area (Å²) in [5.74, 6) is 0.264. The third kappa shape index (κ3) is 4.36. The van der Waals surface area contributed by atoms with E-state index in [1.165, 1.54) is 0 Å². The molecule has 0 spiro atoms. The Morgan fingerprint density at radius 3 is 2.44 bits per heavy atom. The lowest BCUT2D eigenvalue weighted by atomic mass is 10.2. The zero-order valence-electron chi connectivity index (χ0n) is 14.0. The van der Waals surface area contributed by atoms with Gasteiger partial charge in [0.15, 0.2) is 0 Å². The van der Waals surface area contributed by atoms with Gasteiger partial charge in [-0.2, -0.15) is 0 Å². The van der Waals surface area contributed by atoms with E-state index in [-0.39, 0.29) is 17.9 Å². The molecule has 1 aliphatic rings. The van der Waals surface area contributed by atoms with Crippen molar-refractivity contribution in [1.29, 1.82) is 0 Å². The van der Waals surface area contributed by atoms with Gasteiger partial charge in [-0.15, -0.1) is 0 Å². The van der Waals surface area contributed by atoms with Crippen molar-refractivity contribution in [2.24, 2.45) is 0 Å². The van der Waals surface area contributed by atoms with Gasteiger partial charge >= 0.3 is 0 Å². The average molecular weight is 340 g/mol. The second kappa shape index (κ2) is 7.81. The fraction of sp³-hybridized carbons (Fsp3) is 0.263. The van der Waals surface area contributed by atoms with Gasteiger partial charge in [0.25, 0.3) is 11.8 Å². The molecule has 1 atom stereocenters. The van der Waals surface area contributed by atoms with Crippen molar-refractivity contribution in [2.45, 2.75) is 18.9 Å². The molecule has 1 aliphatic heterocycles. The molecule has 1 fully saturated rings. The molecule has 6 heteroatoms. The highest BCUT2D eigenvalue weighted by Crippen LogP contribution is 2.19. The highest BCUT2D eigenvalue weighted by atomic mass is 16.5. The number of methoxy groups -OCH3 is 1. The van der Waals surface area contributed by atoms with E-state index in [1.807, 2.05) is 0 Å². The first-order valence-corrected chi connectivity index (χ1v) is 8.13. The quantitative estimate of drug-likeness (QED) is 0.877. The molecule has 0 bridgehead atoms. The predicted octanol–water partition coefficient (Wildman–Crippen LogP) is 3.07. The summed E-state index contributed by atoms with van der Waals surface area (Å²) in [6.07, 6.45) is 1.29. The summed E-state index contributed by atoms with van der Waals surface area (Å²) >= 11 is 0. The minimum absolute atomic E-state index is 0.134. The summed E-state index contributed by atoms with van der Waals surface area (Å²) in [6.45, 7) is 0.632. The van der Waals surface area contributed by atoms with Gasteiger partial charge in [0.1, 0.15) is 11.9 Å². The first kappa shape index (κ1) is 17.0. The first-order valence-electron chi connectivity index (χ1n) is 8.13. The van der Waals surface area contributed by atoms with E-state index in [2.05, 4.69) is 10.6 Å². The first-order chi connectivity index (χ1) is 12.2. The maximum absolute atomic E-state index is 12.3. The lowest BCUT2D eigenvalue weighted by Gasteiger charge is -2.11. The summed E-state index contributed by atoms with van der Waals surface area (Å²) in [5, 5.41) is 5.63. The minimum atomic E-state index is -0.368. The monoisotopic (exact) mass is 340 g/mol. The number of benzene rings is 2. The van der Waals surface area contributed by atoms with Gasteiger partial charge in [-0.25, -0.2) is 0 Å². The van der Waals surface area contributed by atoms with Crippen LogP contribution in [0.15, 0.2) is 48.5 Å². The zero-order chi connectivity index (χ0) is 17.6. The van der Waals surface area contributed by atoms with Gasteiger partial charge in [0.2, 0.25) is 0 Å². The molecule has 0 saturated carbocycles. The number of carbonyl (C=O) groups excluding carboxylic acids is 2. The fourth-order valence-corrected chi connectivity index (χ4v) is 2.61. The molecule has 130 valence electrons. The van der Waals surface area contributed by atoms with Crippen LogP contribution in [0.4, 0.5) is 11.4 Å². The summed E-state index contributed by atoms with van der Waals surface area (Å²) in [6, 6.07) is 13.9. The van der Waals surface area contributed by atoms with E-state index in [9.17, 15) is 9.59 Å². The van der Waals surface area contributed by atoms with Crippen LogP contribution in [0.2, 0.25) is 0 Å². The molecular formula is C19H20N2O4. The SMILES string of the molecule is COc1cccc(C(=O)Nc2ccc(NC(=O)C3CCCO3)cc2)c1. The standard InChI is InChI=1S/C19H20N2O4/c1-24-16-5-2-4-13(12-16)18(22)20-14-7-9-15(10-8-14)21-19(23)17-6-3-11-25-17/h2,4-5,7-10,12,17H,3,6,11H2,1H3,(H,20,22)(H,21,23). The van der Waals surface area contributed by atoms with Crippen molar-refractivity contribution in [1.82, 2.24) is 0 Å². The van der Waals surface area contributed by atoms with Crippen molar-refractivity contribution < 1.29 is 19.1 Å². The van der Waals surface area contributed by atoms with Crippen LogP contribution in [0, 0.1) is 0 Å². The number of hydrogen-bond acceptors (Lipinski definition) is 4. The lowest BCUT2D eigenvalue weighted by molar-refractivity contribution is -0.124. The molecule has 1 unspecified atom stereocenters. The average Bonchev–Trinajstić information content (AvgIpc) is 3.18. The summed E-state index contributed by atoms with van der Waals surface area (Å²) in [5.41, 5.74) is 1.82. The van der Waals surface area contributed by atoms with E-state index >= 15 is 0 Å². The van der Waals surface area contributed by atoms with E-state index < -0.39 is 0 Å². The van der Waals surface area contributed by atoms with Crippen LogP contribution < -0.4 is 15.4 Å². The fourth-order valence-electron chi connectivity index (χ4n) is 2.61. The number of ether oxygens (including phenoxy) is 2. The van der Waals surface area contributed by atoms with Crippen molar-refractivity contribution >= 4 is 23.2 Å². The van der Waals surface area contributed by atoms with Gasteiger partial charge in [-0.05, 0) is 55.3 Å². The van der Waals surface area contributed by atoms with Gasteiger partial charge in [-0.3, -0.25) is 9.59 Å². The highest BCUT2D eigenvalue weighted by molar-refractivity contribution is 6.04. The molecule has 2 aromatic carbocycles. The Hall–Kier alpha value is -2.86.